The fourth-order valence-corrected chi connectivity index (χ4v) is 4.15. The highest BCUT2D eigenvalue weighted by Gasteiger charge is 2.18. The average molecular weight is 444 g/mol. The maximum absolute atomic E-state index is 13.1. The molecule has 0 aromatic heterocycles. The maximum Gasteiger partial charge on any atom is 0.259 e. The third kappa shape index (κ3) is 5.48. The first-order valence-corrected chi connectivity index (χ1v) is 11.3. The van der Waals surface area contributed by atoms with Crippen LogP contribution in [0.5, 0.6) is 5.75 Å². The van der Waals surface area contributed by atoms with Crippen molar-refractivity contribution in [3.05, 3.63) is 83.4 Å². The second kappa shape index (κ2) is 10.4. The Morgan fingerprint density at radius 1 is 0.939 bits per heavy atom. The second-order valence-corrected chi connectivity index (χ2v) is 8.30. The van der Waals surface area contributed by atoms with Crippen molar-refractivity contribution >= 4 is 17.9 Å². The lowest BCUT2D eigenvalue weighted by atomic mass is 10.0. The number of phenolic OH excluding ortho intramolecular Hbond substituents is 1. The number of nitrogens with one attached hydrogen (secondary N) is 1. The molecule has 170 valence electrons. The standard InChI is InChI=1S/C27H29N3O3/c1-2-29-12-14-30(15-13-29)18-20-8-11-26(32)24(16-20)27(33)28-25-17-22(9-10-23(25)19-31)21-6-4-3-5-7-21/h3-11,16-17,19,32H,2,12-15,18H2,1H3,(H,28,33). The highest BCUT2D eigenvalue weighted by Crippen LogP contribution is 2.27. The number of piperazine rings is 1. The third-order valence-electron chi connectivity index (χ3n) is 6.16. The second-order valence-electron chi connectivity index (χ2n) is 8.30. The van der Waals surface area contributed by atoms with Gasteiger partial charge in [0.15, 0.2) is 6.29 Å². The van der Waals surface area contributed by atoms with Crippen LogP contribution in [0.25, 0.3) is 11.1 Å². The van der Waals surface area contributed by atoms with Crippen molar-refractivity contribution in [3.63, 3.8) is 0 Å². The molecule has 4 rings (SSSR count). The number of rotatable bonds is 7. The van der Waals surface area contributed by atoms with Gasteiger partial charge in [0.05, 0.1) is 11.3 Å². The predicted molar refractivity (Wildman–Crippen MR) is 131 cm³/mol. The molecule has 33 heavy (non-hydrogen) atoms. The van der Waals surface area contributed by atoms with Crippen molar-refractivity contribution in [2.24, 2.45) is 0 Å². The number of anilines is 1. The number of aromatic hydroxyl groups is 1. The number of aldehydes is 1. The van der Waals surface area contributed by atoms with Gasteiger partial charge < -0.3 is 15.3 Å². The number of likely N-dealkylation sites (N-methyl/N-ethyl adjacent to an activating group) is 1. The number of hydrogen-bond acceptors (Lipinski definition) is 5. The molecule has 1 aliphatic heterocycles. The van der Waals surface area contributed by atoms with E-state index in [0.29, 0.717) is 11.3 Å². The van der Waals surface area contributed by atoms with E-state index in [9.17, 15) is 14.7 Å². The maximum atomic E-state index is 13.1. The van der Waals surface area contributed by atoms with Crippen LogP contribution in [0.4, 0.5) is 5.69 Å². The zero-order valence-corrected chi connectivity index (χ0v) is 18.8. The van der Waals surface area contributed by atoms with Gasteiger partial charge in [0.2, 0.25) is 0 Å². The Morgan fingerprint density at radius 2 is 1.67 bits per heavy atom. The Hall–Kier alpha value is -3.48. The molecular formula is C27H29N3O3. The summed E-state index contributed by atoms with van der Waals surface area (Å²) >= 11 is 0. The molecule has 3 aromatic carbocycles. The summed E-state index contributed by atoms with van der Waals surface area (Å²) in [6, 6.07) is 20.2. The summed E-state index contributed by atoms with van der Waals surface area (Å²) in [7, 11) is 0. The molecule has 0 bridgehead atoms. The molecule has 6 heteroatoms. The van der Waals surface area contributed by atoms with Gasteiger partial charge in [-0.25, -0.2) is 0 Å². The lowest BCUT2D eigenvalue weighted by Gasteiger charge is -2.34. The van der Waals surface area contributed by atoms with Crippen LogP contribution < -0.4 is 5.32 Å². The van der Waals surface area contributed by atoms with Gasteiger partial charge in [-0.3, -0.25) is 14.5 Å². The van der Waals surface area contributed by atoms with Gasteiger partial charge in [0, 0.05) is 38.3 Å². The smallest absolute Gasteiger partial charge is 0.259 e. The predicted octanol–water partition coefficient (Wildman–Crippen LogP) is 4.26. The molecule has 0 saturated carbocycles. The fourth-order valence-electron chi connectivity index (χ4n) is 4.15. The van der Waals surface area contributed by atoms with Gasteiger partial charge in [-0.2, -0.15) is 0 Å². The van der Waals surface area contributed by atoms with Gasteiger partial charge in [-0.15, -0.1) is 0 Å². The van der Waals surface area contributed by atoms with Crippen molar-refractivity contribution in [2.75, 3.05) is 38.0 Å². The monoisotopic (exact) mass is 443 g/mol. The van der Waals surface area contributed by atoms with Crippen molar-refractivity contribution < 1.29 is 14.7 Å². The number of nitrogens with zero attached hydrogens (tertiary/aromatic N) is 2. The quantitative estimate of drug-likeness (QED) is 0.534. The molecule has 0 radical (unpaired) electrons. The summed E-state index contributed by atoms with van der Waals surface area (Å²) in [6.45, 7) is 7.98. The molecule has 0 atom stereocenters. The van der Waals surface area contributed by atoms with E-state index in [-0.39, 0.29) is 11.3 Å². The number of benzene rings is 3. The van der Waals surface area contributed by atoms with Crippen LogP contribution in [0.2, 0.25) is 0 Å². The lowest BCUT2D eigenvalue weighted by molar-refractivity contribution is 0.102. The minimum atomic E-state index is -0.446. The molecular weight excluding hydrogens is 414 g/mol. The molecule has 1 amide bonds. The van der Waals surface area contributed by atoms with Gasteiger partial charge in [0.25, 0.3) is 5.91 Å². The minimum Gasteiger partial charge on any atom is -0.507 e. The van der Waals surface area contributed by atoms with E-state index < -0.39 is 5.91 Å². The van der Waals surface area contributed by atoms with Gasteiger partial charge in [0.1, 0.15) is 5.75 Å². The number of amides is 1. The topological polar surface area (TPSA) is 72.9 Å². The molecule has 0 spiro atoms. The SMILES string of the molecule is CCN1CCN(Cc2ccc(O)c(C(=O)Nc3cc(-c4ccccc4)ccc3C=O)c2)CC1. The van der Waals surface area contributed by atoms with Crippen molar-refractivity contribution in [1.29, 1.82) is 0 Å². The Labute approximate surface area is 194 Å². The average Bonchev–Trinajstić information content (AvgIpc) is 2.86. The molecule has 1 aliphatic rings. The zero-order chi connectivity index (χ0) is 23.2. The summed E-state index contributed by atoms with van der Waals surface area (Å²) in [5, 5.41) is 13.2. The molecule has 0 aliphatic carbocycles. The lowest BCUT2D eigenvalue weighted by Crippen LogP contribution is -2.45. The summed E-state index contributed by atoms with van der Waals surface area (Å²) in [5.41, 5.74) is 3.83. The van der Waals surface area contributed by atoms with E-state index in [4.69, 9.17) is 0 Å². The molecule has 0 unspecified atom stereocenters. The Kier molecular flexibility index (Phi) is 7.17. The number of carbonyl (C=O) groups is 2. The highest BCUT2D eigenvalue weighted by atomic mass is 16.3. The van der Waals surface area contributed by atoms with Crippen LogP contribution in [0.1, 0.15) is 33.2 Å². The van der Waals surface area contributed by atoms with Crippen LogP contribution in [-0.2, 0) is 6.54 Å². The van der Waals surface area contributed by atoms with Crippen LogP contribution in [0.15, 0.2) is 66.7 Å². The Morgan fingerprint density at radius 3 is 2.36 bits per heavy atom. The first kappa shape index (κ1) is 22.7. The zero-order valence-electron chi connectivity index (χ0n) is 18.8. The van der Waals surface area contributed by atoms with E-state index in [1.54, 1.807) is 24.3 Å². The van der Waals surface area contributed by atoms with Crippen molar-refractivity contribution in [1.82, 2.24) is 9.80 Å². The number of hydrogen-bond donors (Lipinski definition) is 2. The fraction of sp³-hybridized carbons (Fsp3) is 0.259. The van der Waals surface area contributed by atoms with Gasteiger partial charge in [-0.1, -0.05) is 49.4 Å². The molecule has 1 heterocycles. The normalized spacial score (nSPS) is 14.7. The summed E-state index contributed by atoms with van der Waals surface area (Å²) in [4.78, 5) is 29.4. The number of phenols is 1. The Balaban J connectivity index is 1.52. The van der Waals surface area contributed by atoms with Crippen LogP contribution in [0.3, 0.4) is 0 Å². The first-order chi connectivity index (χ1) is 16.1. The summed E-state index contributed by atoms with van der Waals surface area (Å²) < 4.78 is 0. The van der Waals surface area contributed by atoms with Crippen molar-refractivity contribution in [3.8, 4) is 16.9 Å². The van der Waals surface area contributed by atoms with E-state index >= 15 is 0 Å². The van der Waals surface area contributed by atoms with E-state index in [2.05, 4.69) is 22.0 Å². The first-order valence-electron chi connectivity index (χ1n) is 11.3. The summed E-state index contributed by atoms with van der Waals surface area (Å²) in [5.74, 6) is -0.530. The minimum absolute atomic E-state index is 0.0843. The van der Waals surface area contributed by atoms with Gasteiger partial charge >= 0.3 is 0 Å². The van der Waals surface area contributed by atoms with E-state index in [1.807, 2.05) is 42.5 Å². The molecule has 3 aromatic rings. The van der Waals surface area contributed by atoms with Crippen LogP contribution >= 0.6 is 0 Å². The largest absolute Gasteiger partial charge is 0.507 e. The Bertz CT molecular complexity index is 1120. The van der Waals surface area contributed by atoms with Gasteiger partial charge in [-0.05, 0) is 47.5 Å². The number of carbonyl (C=O) groups excluding carboxylic acids is 2. The third-order valence-corrected chi connectivity index (χ3v) is 6.16. The van der Waals surface area contributed by atoms with E-state index in [1.165, 1.54) is 0 Å². The van der Waals surface area contributed by atoms with Crippen molar-refractivity contribution in [2.45, 2.75) is 13.5 Å². The highest BCUT2D eigenvalue weighted by molar-refractivity contribution is 6.08. The van der Waals surface area contributed by atoms with E-state index in [0.717, 1.165) is 62.2 Å². The summed E-state index contributed by atoms with van der Waals surface area (Å²) in [6.07, 6.45) is 0.719. The van der Waals surface area contributed by atoms with Crippen LogP contribution in [0, 0.1) is 0 Å². The molecule has 1 saturated heterocycles. The molecule has 1 fully saturated rings. The molecule has 6 nitrogen and oxygen atoms in total. The molecule has 2 N–H and O–H groups in total. The van der Waals surface area contributed by atoms with Crippen LogP contribution in [-0.4, -0.2) is 59.8 Å².